The maximum atomic E-state index is 14.4. The van der Waals surface area contributed by atoms with Crippen molar-refractivity contribution in [3.8, 4) is 0 Å². The van der Waals surface area contributed by atoms with Crippen LogP contribution in [0.4, 0.5) is 26.2 Å². The molecule has 0 bridgehead atoms. The van der Waals surface area contributed by atoms with Crippen molar-refractivity contribution in [2.24, 2.45) is 0 Å². The van der Waals surface area contributed by atoms with Gasteiger partial charge in [-0.05, 0) is 53.8 Å². The molecule has 1 saturated heterocycles. The van der Waals surface area contributed by atoms with E-state index < -0.39 is 11.7 Å². The lowest BCUT2D eigenvalue weighted by Gasteiger charge is -2.36. The zero-order valence-corrected chi connectivity index (χ0v) is 15.7. The van der Waals surface area contributed by atoms with Crippen LogP contribution in [0.2, 0.25) is 0 Å². The molecule has 0 aromatic heterocycles. The van der Waals surface area contributed by atoms with E-state index in [4.69, 9.17) is 10.5 Å². The summed E-state index contributed by atoms with van der Waals surface area (Å²) in [5.74, 6) is -0.379. The highest BCUT2D eigenvalue weighted by molar-refractivity contribution is 5.90. The number of nitrogen functional groups attached to an aromatic ring is 1. The van der Waals surface area contributed by atoms with Gasteiger partial charge in [-0.1, -0.05) is 0 Å². The van der Waals surface area contributed by atoms with E-state index in [1.54, 1.807) is 26.8 Å². The number of hydrogen-bond donors (Lipinski definition) is 2. The molecular formula is C18H29FN4O2. The predicted octanol–water partition coefficient (Wildman–Crippen LogP) is 3.29. The van der Waals surface area contributed by atoms with Crippen molar-refractivity contribution >= 4 is 23.2 Å². The Bertz CT molecular complexity index is 620. The first kappa shape index (κ1) is 19.3. The number of hydrogen-bond acceptors (Lipinski definition) is 5. The number of amides is 1. The van der Waals surface area contributed by atoms with Crippen molar-refractivity contribution in [1.29, 1.82) is 0 Å². The fourth-order valence-corrected chi connectivity index (χ4v) is 2.96. The van der Waals surface area contributed by atoms with E-state index in [0.717, 1.165) is 25.9 Å². The maximum absolute atomic E-state index is 14.4. The van der Waals surface area contributed by atoms with E-state index in [-0.39, 0.29) is 11.5 Å². The van der Waals surface area contributed by atoms with Crippen molar-refractivity contribution in [3.05, 3.63) is 17.9 Å². The predicted molar refractivity (Wildman–Crippen MR) is 99.6 cm³/mol. The molecule has 1 aliphatic rings. The Balaban J connectivity index is 2.14. The molecule has 7 heteroatoms. The van der Waals surface area contributed by atoms with Crippen LogP contribution in [0, 0.1) is 5.82 Å². The van der Waals surface area contributed by atoms with Crippen molar-refractivity contribution in [2.45, 2.75) is 45.3 Å². The number of nitrogens with zero attached hydrogens (tertiary/aromatic N) is 2. The SMILES string of the molecule is CN(C)C1CCN(c2cc(NC(=O)OC(C)(C)C)c(N)cc2F)CC1. The van der Waals surface area contributed by atoms with Gasteiger partial charge in [0.25, 0.3) is 0 Å². The van der Waals surface area contributed by atoms with Crippen LogP contribution in [-0.2, 0) is 4.74 Å². The van der Waals surface area contributed by atoms with Crippen LogP contribution in [-0.4, -0.2) is 49.8 Å². The Morgan fingerprint density at radius 1 is 1.32 bits per heavy atom. The van der Waals surface area contributed by atoms with E-state index in [1.807, 2.05) is 4.90 Å². The van der Waals surface area contributed by atoms with E-state index in [2.05, 4.69) is 24.3 Å². The zero-order valence-electron chi connectivity index (χ0n) is 15.7. The van der Waals surface area contributed by atoms with Crippen molar-refractivity contribution < 1.29 is 13.9 Å². The highest BCUT2D eigenvalue weighted by atomic mass is 19.1. The van der Waals surface area contributed by atoms with Gasteiger partial charge in [0, 0.05) is 25.2 Å². The van der Waals surface area contributed by atoms with Crippen LogP contribution < -0.4 is 16.0 Å². The van der Waals surface area contributed by atoms with Crippen LogP contribution in [0.15, 0.2) is 12.1 Å². The first-order valence-electron chi connectivity index (χ1n) is 8.57. The summed E-state index contributed by atoms with van der Waals surface area (Å²) < 4.78 is 19.6. The Labute approximate surface area is 149 Å². The van der Waals surface area contributed by atoms with Gasteiger partial charge in [-0.15, -0.1) is 0 Å². The highest BCUT2D eigenvalue weighted by Crippen LogP contribution is 2.31. The largest absolute Gasteiger partial charge is 0.444 e. The second kappa shape index (κ2) is 7.47. The van der Waals surface area contributed by atoms with Gasteiger partial charge < -0.3 is 20.3 Å². The van der Waals surface area contributed by atoms with Crippen molar-refractivity contribution in [2.75, 3.05) is 43.1 Å². The molecule has 0 atom stereocenters. The zero-order chi connectivity index (χ0) is 18.8. The summed E-state index contributed by atoms with van der Waals surface area (Å²) >= 11 is 0. The number of piperidine rings is 1. The second-order valence-electron chi connectivity index (χ2n) is 7.70. The van der Waals surface area contributed by atoms with Gasteiger partial charge in [-0.2, -0.15) is 0 Å². The van der Waals surface area contributed by atoms with Crippen molar-refractivity contribution in [3.63, 3.8) is 0 Å². The van der Waals surface area contributed by atoms with Crippen LogP contribution in [0.5, 0.6) is 0 Å². The van der Waals surface area contributed by atoms with Gasteiger partial charge in [-0.3, -0.25) is 5.32 Å². The third-order valence-electron chi connectivity index (χ3n) is 4.29. The number of anilines is 3. The lowest BCUT2D eigenvalue weighted by atomic mass is 10.0. The Morgan fingerprint density at radius 2 is 1.92 bits per heavy atom. The molecule has 1 aromatic rings. The summed E-state index contributed by atoms with van der Waals surface area (Å²) in [4.78, 5) is 16.2. The van der Waals surface area contributed by atoms with Crippen LogP contribution in [0.25, 0.3) is 0 Å². The molecule has 3 N–H and O–H groups in total. The Kier molecular flexibility index (Phi) is 5.77. The monoisotopic (exact) mass is 352 g/mol. The van der Waals surface area contributed by atoms with E-state index >= 15 is 0 Å². The average molecular weight is 352 g/mol. The number of nitrogens with two attached hydrogens (primary N) is 1. The van der Waals surface area contributed by atoms with Gasteiger partial charge in [-0.25, -0.2) is 9.18 Å². The summed E-state index contributed by atoms with van der Waals surface area (Å²) in [6, 6.07) is 3.34. The normalized spacial score (nSPS) is 16.2. The van der Waals surface area contributed by atoms with Gasteiger partial charge in [0.05, 0.1) is 17.1 Å². The highest BCUT2D eigenvalue weighted by Gasteiger charge is 2.24. The standard InChI is InChI=1S/C18H29FN4O2/c1-18(2,3)25-17(24)21-15-11-16(13(19)10-14(15)20)23-8-6-12(7-9-23)22(4)5/h10-12H,6-9,20H2,1-5H3,(H,21,24). The number of rotatable bonds is 3. The third-order valence-corrected chi connectivity index (χ3v) is 4.29. The number of benzene rings is 1. The molecule has 0 aliphatic carbocycles. The molecule has 25 heavy (non-hydrogen) atoms. The molecule has 1 aliphatic heterocycles. The van der Waals surface area contributed by atoms with Crippen molar-refractivity contribution in [1.82, 2.24) is 4.90 Å². The first-order valence-corrected chi connectivity index (χ1v) is 8.57. The summed E-state index contributed by atoms with van der Waals surface area (Å²) in [6.07, 6.45) is 1.32. The molecule has 140 valence electrons. The van der Waals surface area contributed by atoms with Crippen LogP contribution in [0.3, 0.4) is 0 Å². The molecule has 0 saturated carbocycles. The number of ether oxygens (including phenoxy) is 1. The minimum Gasteiger partial charge on any atom is -0.444 e. The average Bonchev–Trinajstić information content (AvgIpc) is 2.48. The molecule has 0 radical (unpaired) electrons. The molecule has 2 rings (SSSR count). The number of carbonyl (C=O) groups excluding carboxylic acids is 1. The Morgan fingerprint density at radius 3 is 2.44 bits per heavy atom. The van der Waals surface area contributed by atoms with E-state index in [9.17, 15) is 9.18 Å². The number of nitrogens with one attached hydrogen (secondary N) is 1. The van der Waals surface area contributed by atoms with Gasteiger partial charge in [0.15, 0.2) is 0 Å². The summed E-state index contributed by atoms with van der Waals surface area (Å²) in [5.41, 5.74) is 6.24. The van der Waals surface area contributed by atoms with E-state index in [0.29, 0.717) is 17.4 Å². The van der Waals surface area contributed by atoms with Gasteiger partial charge in [0.2, 0.25) is 0 Å². The first-order chi connectivity index (χ1) is 11.6. The smallest absolute Gasteiger partial charge is 0.412 e. The minimum absolute atomic E-state index is 0.176. The molecule has 1 aromatic carbocycles. The summed E-state index contributed by atoms with van der Waals surface area (Å²) in [5, 5.41) is 2.61. The summed E-state index contributed by atoms with van der Waals surface area (Å²) in [7, 11) is 4.12. The molecule has 1 fully saturated rings. The van der Waals surface area contributed by atoms with Crippen LogP contribution >= 0.6 is 0 Å². The number of halogens is 1. The lowest BCUT2D eigenvalue weighted by Crippen LogP contribution is -2.42. The molecule has 6 nitrogen and oxygen atoms in total. The third kappa shape index (κ3) is 5.22. The lowest BCUT2D eigenvalue weighted by molar-refractivity contribution is 0.0636. The topological polar surface area (TPSA) is 70.8 Å². The van der Waals surface area contributed by atoms with Gasteiger partial charge in [0.1, 0.15) is 11.4 Å². The molecular weight excluding hydrogens is 323 g/mol. The van der Waals surface area contributed by atoms with Crippen LogP contribution in [0.1, 0.15) is 33.6 Å². The molecule has 0 unspecified atom stereocenters. The molecule has 0 spiro atoms. The summed E-state index contributed by atoms with van der Waals surface area (Å²) in [6.45, 7) is 6.86. The number of carbonyl (C=O) groups is 1. The van der Waals surface area contributed by atoms with Gasteiger partial charge >= 0.3 is 6.09 Å². The molecule has 1 heterocycles. The Hall–Kier alpha value is -2.02. The maximum Gasteiger partial charge on any atom is 0.412 e. The quantitative estimate of drug-likeness (QED) is 0.817. The fraction of sp³-hybridized carbons (Fsp3) is 0.611. The van der Waals surface area contributed by atoms with E-state index in [1.165, 1.54) is 6.07 Å². The minimum atomic E-state index is -0.615. The second-order valence-corrected chi connectivity index (χ2v) is 7.70. The fourth-order valence-electron chi connectivity index (χ4n) is 2.96. The molecule has 1 amide bonds.